The molecule has 0 spiro atoms. The van der Waals surface area contributed by atoms with Crippen molar-refractivity contribution < 1.29 is 20.3 Å². The quantitative estimate of drug-likeness (QED) is 0.265. The molecule has 154 valence electrons. The Kier molecular flexibility index (Phi) is 11.6. The van der Waals surface area contributed by atoms with Crippen LogP contribution in [-0.4, -0.2) is 13.2 Å². The van der Waals surface area contributed by atoms with Gasteiger partial charge in [0.1, 0.15) is 0 Å². The Labute approximate surface area is 189 Å². The van der Waals surface area contributed by atoms with Crippen LogP contribution in [-0.2, 0) is 10.8 Å². The van der Waals surface area contributed by atoms with E-state index in [1.54, 1.807) is 12.1 Å². The van der Waals surface area contributed by atoms with Crippen molar-refractivity contribution in [2.24, 2.45) is 0 Å². The summed E-state index contributed by atoms with van der Waals surface area (Å²) in [5.41, 5.74) is 2.55. The zero-order valence-corrected chi connectivity index (χ0v) is 22.1. The predicted octanol–water partition coefficient (Wildman–Crippen LogP) is 8.66. The van der Waals surface area contributed by atoms with Gasteiger partial charge in [0.05, 0.1) is 13.2 Å². The third kappa shape index (κ3) is 9.81. The van der Waals surface area contributed by atoms with Crippen LogP contribution in [0.1, 0.15) is 26.7 Å². The van der Waals surface area contributed by atoms with Gasteiger partial charge in [-0.2, -0.15) is 0 Å². The number of halogens is 4. The van der Waals surface area contributed by atoms with Crippen LogP contribution in [0.15, 0.2) is 36.4 Å². The molecular formula is C18H20Cl4N4O2Zn. The third-order valence-corrected chi connectivity index (χ3v) is 3.39. The molecule has 0 atom stereocenters. The molecule has 0 bridgehead atoms. The molecule has 0 saturated carbocycles. The van der Waals surface area contributed by atoms with E-state index in [0.717, 1.165) is 24.0 Å². The molecule has 0 N–H and O–H groups in total. The first-order valence-electron chi connectivity index (χ1n) is 9.04. The van der Waals surface area contributed by atoms with Gasteiger partial charge in [0.2, 0.25) is 22.3 Å². The molecule has 2 aromatic carbocycles. The van der Waals surface area contributed by atoms with Crippen LogP contribution < -0.4 is 9.47 Å². The molecule has 29 heavy (non-hydrogen) atoms. The Balaban J connectivity index is 0.000000749. The Morgan fingerprint density at radius 3 is 1.38 bits per heavy atom. The molecule has 0 fully saturated rings. The summed E-state index contributed by atoms with van der Waals surface area (Å²) in [6, 6.07) is 10.7. The molecule has 2 aromatic rings. The van der Waals surface area contributed by atoms with Gasteiger partial charge in [-0.1, -0.05) is 13.8 Å². The molecule has 0 saturated heterocycles. The van der Waals surface area contributed by atoms with Crippen molar-refractivity contribution in [3.05, 3.63) is 46.4 Å². The van der Waals surface area contributed by atoms with E-state index in [-0.39, 0.29) is 0 Å². The van der Waals surface area contributed by atoms with Gasteiger partial charge in [-0.25, -0.2) is 0 Å². The molecule has 0 heterocycles. The summed E-state index contributed by atoms with van der Waals surface area (Å²) in [6.45, 7) is 5.10. The van der Waals surface area contributed by atoms with Gasteiger partial charge in [-0.15, -0.1) is 0 Å². The van der Waals surface area contributed by atoms with Crippen LogP contribution in [0.3, 0.4) is 0 Å². The number of rotatable bonds is 7. The van der Waals surface area contributed by atoms with E-state index in [4.69, 9.17) is 59.0 Å². The van der Waals surface area contributed by atoms with E-state index in [1.807, 2.05) is 38.1 Å². The van der Waals surface area contributed by atoms with E-state index in [0.29, 0.717) is 36.1 Å². The van der Waals surface area contributed by atoms with Crippen LogP contribution in [0.25, 0.3) is 21.1 Å². The molecule has 0 radical (unpaired) electrons. The minimum absolute atomic E-state index is 0.386. The van der Waals surface area contributed by atoms with Crippen molar-refractivity contribution in [3.63, 3.8) is 0 Å². The first-order chi connectivity index (χ1) is 13.7. The zero-order chi connectivity index (χ0) is 21.9. The SMILES string of the molecule is CCCOc1cc(-c2ccc([N+]#N)c(OCCC)c2)ccc1[N+]#N.[Cl][Zn-2]([Cl])([Cl])[Cl]. The van der Waals surface area contributed by atoms with Gasteiger partial charge < -0.3 is 9.47 Å². The summed E-state index contributed by atoms with van der Waals surface area (Å²) in [7, 11) is 16.8. The van der Waals surface area contributed by atoms with E-state index >= 15 is 0 Å². The van der Waals surface area contributed by atoms with E-state index in [1.165, 1.54) is 0 Å². The van der Waals surface area contributed by atoms with Crippen LogP contribution in [0, 0.1) is 10.8 Å². The zero-order valence-electron chi connectivity index (χ0n) is 16.1. The summed E-state index contributed by atoms with van der Waals surface area (Å²) in [6.07, 6.45) is 1.72. The molecule has 0 amide bonds. The first-order valence-corrected chi connectivity index (χ1v) is 24.6. The van der Waals surface area contributed by atoms with Crippen molar-refractivity contribution in [2.75, 3.05) is 13.2 Å². The van der Waals surface area contributed by atoms with Crippen molar-refractivity contribution in [3.8, 4) is 22.6 Å². The molecule has 11 heteroatoms. The van der Waals surface area contributed by atoms with E-state index in [9.17, 15) is 0 Å². The molecule has 2 rings (SSSR count). The average Bonchev–Trinajstić information content (AvgIpc) is 2.69. The summed E-state index contributed by atoms with van der Waals surface area (Å²) >= 11 is 0. The number of hydrogen-bond donors (Lipinski definition) is 0. The Morgan fingerprint density at radius 1 is 0.759 bits per heavy atom. The molecule has 0 aromatic heterocycles. The van der Waals surface area contributed by atoms with Crippen LogP contribution >= 0.6 is 38.8 Å². The monoisotopic (exact) mass is 528 g/mol. The molecule has 6 nitrogen and oxygen atoms in total. The molecule has 0 aliphatic carbocycles. The maximum absolute atomic E-state index is 9.07. The number of diazo groups is 2. The second-order valence-corrected chi connectivity index (χ2v) is 33.6. The average molecular weight is 532 g/mol. The standard InChI is InChI=1S/C18H20N4O2.4ClH.Zn/c1-3-9-23-17-11-13(5-7-15(17)21-19)14-6-8-16(22-20)18(12-14)24-10-4-2;;;;;/h5-8,11-12H,3-4,9-10H2,1-2H3;4*1H;/q+2;;;;;+2/p-4. The Bertz CT molecular complexity index is 821. The summed E-state index contributed by atoms with van der Waals surface area (Å²) in [4.78, 5) is 6.49. The van der Waals surface area contributed by atoms with Crippen molar-refractivity contribution >= 4 is 50.1 Å². The van der Waals surface area contributed by atoms with E-state index in [2.05, 4.69) is 9.95 Å². The van der Waals surface area contributed by atoms with Crippen LogP contribution in [0.4, 0.5) is 11.4 Å². The summed E-state index contributed by atoms with van der Waals surface area (Å²) in [5.74, 6) is 1.03. The van der Waals surface area contributed by atoms with Gasteiger partial charge in [-0.05, 0) is 48.2 Å². The Hall–Kier alpha value is -1.34. The second-order valence-electron chi connectivity index (χ2n) is 5.87. The van der Waals surface area contributed by atoms with Gasteiger partial charge in [0, 0.05) is 12.1 Å². The van der Waals surface area contributed by atoms with Gasteiger partial charge >= 0.3 is 61.0 Å². The Morgan fingerprint density at radius 2 is 1.10 bits per heavy atom. The summed E-state index contributed by atoms with van der Waals surface area (Å²) in [5, 5.41) is 18.1. The summed E-state index contributed by atoms with van der Waals surface area (Å²) < 4.78 is 11.3. The third-order valence-electron chi connectivity index (χ3n) is 3.39. The van der Waals surface area contributed by atoms with Crippen molar-refractivity contribution in [1.82, 2.24) is 0 Å². The normalized spacial score (nSPS) is 10.2. The van der Waals surface area contributed by atoms with E-state index < -0.39 is 10.8 Å². The fraction of sp³-hybridized carbons (Fsp3) is 0.333. The molecular weight excluding hydrogens is 511 g/mol. The minimum atomic E-state index is -3.36. The van der Waals surface area contributed by atoms with Crippen molar-refractivity contribution in [1.29, 1.82) is 10.8 Å². The fourth-order valence-corrected chi connectivity index (χ4v) is 2.21. The maximum atomic E-state index is 9.07. The second kappa shape index (κ2) is 13.1. The number of benzene rings is 2. The molecule has 0 aliphatic rings. The number of nitrogens with zero attached hydrogens (tertiary/aromatic N) is 4. The first kappa shape index (κ1) is 25.7. The number of ether oxygens (including phenoxy) is 2. The van der Waals surface area contributed by atoms with Gasteiger partial charge in [-0.3, -0.25) is 0 Å². The van der Waals surface area contributed by atoms with Gasteiger partial charge in [0.15, 0.2) is 9.95 Å². The van der Waals surface area contributed by atoms with Gasteiger partial charge in [0.25, 0.3) is 0 Å². The van der Waals surface area contributed by atoms with Crippen molar-refractivity contribution in [2.45, 2.75) is 26.7 Å². The fourth-order valence-electron chi connectivity index (χ4n) is 2.21. The topological polar surface area (TPSA) is 74.8 Å². The predicted molar refractivity (Wildman–Crippen MR) is 116 cm³/mol. The van der Waals surface area contributed by atoms with Crippen LogP contribution in [0.2, 0.25) is 0 Å². The number of hydrogen-bond acceptors (Lipinski definition) is 4. The van der Waals surface area contributed by atoms with Crippen LogP contribution in [0.5, 0.6) is 11.5 Å². The molecule has 0 aliphatic heterocycles. The molecule has 0 unspecified atom stereocenters.